The van der Waals surface area contributed by atoms with Crippen LogP contribution in [0, 0.1) is 0 Å². The second kappa shape index (κ2) is 6.35. The van der Waals surface area contributed by atoms with E-state index in [1.165, 1.54) is 0 Å². The van der Waals surface area contributed by atoms with E-state index in [9.17, 15) is 4.79 Å². The monoisotopic (exact) mass is 397 g/mol. The highest BCUT2D eigenvalue weighted by molar-refractivity contribution is 6.01. The third kappa shape index (κ3) is 2.72. The molecule has 6 rings (SSSR count). The molecule has 1 aliphatic heterocycles. The van der Waals surface area contributed by atoms with E-state index in [0.29, 0.717) is 5.75 Å². The Morgan fingerprint density at radius 1 is 1.00 bits per heavy atom. The molecule has 1 aliphatic carbocycles. The van der Waals surface area contributed by atoms with Crippen LogP contribution in [0.3, 0.4) is 0 Å². The fraction of sp³-hybridized carbons (Fsp3) is 0.167. The summed E-state index contributed by atoms with van der Waals surface area (Å²) in [5, 5.41) is 3.08. The fourth-order valence-corrected chi connectivity index (χ4v) is 4.01. The van der Waals surface area contributed by atoms with Crippen LogP contribution in [0.4, 0.5) is 5.69 Å². The number of anilines is 1. The second-order valence-corrected chi connectivity index (χ2v) is 7.77. The molecule has 0 saturated heterocycles. The summed E-state index contributed by atoms with van der Waals surface area (Å²) >= 11 is 0. The number of rotatable bonds is 4. The molecule has 0 spiro atoms. The quantitative estimate of drug-likeness (QED) is 0.554. The van der Waals surface area contributed by atoms with Gasteiger partial charge in [-0.15, -0.1) is 0 Å². The molecule has 4 aromatic rings. The molecule has 2 aromatic heterocycles. The van der Waals surface area contributed by atoms with Crippen LogP contribution >= 0.6 is 0 Å². The van der Waals surface area contributed by atoms with Crippen molar-refractivity contribution in [1.82, 2.24) is 9.38 Å². The van der Waals surface area contributed by atoms with Crippen molar-refractivity contribution in [3.05, 3.63) is 78.6 Å². The second-order valence-electron chi connectivity index (χ2n) is 7.77. The van der Waals surface area contributed by atoms with Gasteiger partial charge in [-0.2, -0.15) is 0 Å². The van der Waals surface area contributed by atoms with Crippen molar-refractivity contribution in [1.29, 1.82) is 0 Å². The maximum absolute atomic E-state index is 13.1. The lowest BCUT2D eigenvalue weighted by Crippen LogP contribution is -2.27. The standard InChI is InChI=1S/C24H19N3O3/c28-23(24(10-11-24)17-6-9-20-21(13-17)30-15-29-20)25-18-7-4-16(5-8-18)19-14-27-12-2-1-3-22(27)26-19/h1-9,12-14H,10-11,15H2,(H,25,28). The molecular formula is C24H19N3O3. The lowest BCUT2D eigenvalue weighted by molar-refractivity contribution is -0.118. The third-order valence-corrected chi connectivity index (χ3v) is 5.91. The number of carbonyl (C=O) groups excluding carboxylic acids is 1. The minimum atomic E-state index is -0.485. The maximum Gasteiger partial charge on any atom is 0.235 e. The summed E-state index contributed by atoms with van der Waals surface area (Å²) in [6, 6.07) is 19.5. The zero-order valence-electron chi connectivity index (χ0n) is 16.2. The average molecular weight is 397 g/mol. The Balaban J connectivity index is 1.22. The van der Waals surface area contributed by atoms with Crippen LogP contribution < -0.4 is 14.8 Å². The molecule has 30 heavy (non-hydrogen) atoms. The van der Waals surface area contributed by atoms with E-state index >= 15 is 0 Å². The van der Waals surface area contributed by atoms with E-state index in [0.717, 1.165) is 46.7 Å². The van der Waals surface area contributed by atoms with Gasteiger partial charge in [-0.25, -0.2) is 4.98 Å². The Labute approximate surface area is 173 Å². The van der Waals surface area contributed by atoms with Gasteiger partial charge in [0.2, 0.25) is 12.7 Å². The molecule has 2 aromatic carbocycles. The lowest BCUT2D eigenvalue weighted by Gasteiger charge is -2.16. The number of nitrogens with zero attached hydrogens (tertiary/aromatic N) is 2. The molecule has 0 radical (unpaired) electrons. The summed E-state index contributed by atoms with van der Waals surface area (Å²) in [5.74, 6) is 1.46. The van der Waals surface area contributed by atoms with Crippen LogP contribution in [0.25, 0.3) is 16.9 Å². The van der Waals surface area contributed by atoms with Crippen molar-refractivity contribution in [3.8, 4) is 22.8 Å². The van der Waals surface area contributed by atoms with Crippen molar-refractivity contribution in [3.63, 3.8) is 0 Å². The van der Waals surface area contributed by atoms with Gasteiger partial charge in [-0.3, -0.25) is 4.79 Å². The van der Waals surface area contributed by atoms with Crippen molar-refractivity contribution < 1.29 is 14.3 Å². The van der Waals surface area contributed by atoms with Gasteiger partial charge < -0.3 is 19.2 Å². The van der Waals surface area contributed by atoms with Crippen LogP contribution in [0.1, 0.15) is 18.4 Å². The number of benzene rings is 2. The molecule has 1 fully saturated rings. The third-order valence-electron chi connectivity index (χ3n) is 5.91. The van der Waals surface area contributed by atoms with Crippen molar-refractivity contribution in [2.45, 2.75) is 18.3 Å². The molecule has 0 bridgehead atoms. The minimum Gasteiger partial charge on any atom is -0.454 e. The zero-order chi connectivity index (χ0) is 20.1. The molecule has 0 unspecified atom stereocenters. The highest BCUT2D eigenvalue weighted by Crippen LogP contribution is 2.51. The molecule has 2 aliphatic rings. The van der Waals surface area contributed by atoms with Crippen LogP contribution in [-0.2, 0) is 10.2 Å². The number of ether oxygens (including phenoxy) is 2. The highest BCUT2D eigenvalue weighted by Gasteiger charge is 2.51. The van der Waals surface area contributed by atoms with Crippen molar-refractivity contribution >= 4 is 17.2 Å². The highest BCUT2D eigenvalue weighted by atomic mass is 16.7. The van der Waals surface area contributed by atoms with Gasteiger partial charge in [-0.05, 0) is 54.8 Å². The van der Waals surface area contributed by atoms with E-state index in [4.69, 9.17) is 9.47 Å². The summed E-state index contributed by atoms with van der Waals surface area (Å²) in [6.45, 7) is 0.233. The van der Waals surface area contributed by atoms with Gasteiger partial charge in [0.05, 0.1) is 11.1 Å². The molecule has 148 valence electrons. The van der Waals surface area contributed by atoms with E-state index in [2.05, 4.69) is 10.3 Å². The van der Waals surface area contributed by atoms with Crippen LogP contribution in [0.15, 0.2) is 73.1 Å². The number of hydrogen-bond donors (Lipinski definition) is 1. The first-order chi connectivity index (χ1) is 14.7. The molecule has 6 heteroatoms. The first-order valence-electron chi connectivity index (χ1n) is 9.97. The molecule has 1 saturated carbocycles. The number of fused-ring (bicyclic) bond motifs is 2. The van der Waals surface area contributed by atoms with E-state index in [1.54, 1.807) is 0 Å². The number of aromatic nitrogens is 2. The summed E-state index contributed by atoms with van der Waals surface area (Å²) in [4.78, 5) is 17.7. The number of carbonyl (C=O) groups is 1. The van der Waals surface area contributed by atoms with E-state index in [-0.39, 0.29) is 12.7 Å². The molecule has 1 amide bonds. The summed E-state index contributed by atoms with van der Waals surface area (Å²) in [5.41, 5.74) is 4.09. The van der Waals surface area contributed by atoms with E-state index in [1.807, 2.05) is 77.5 Å². The van der Waals surface area contributed by atoms with Gasteiger partial charge in [0.15, 0.2) is 11.5 Å². The Bertz CT molecular complexity index is 1240. The lowest BCUT2D eigenvalue weighted by atomic mass is 9.94. The first kappa shape index (κ1) is 17.1. The maximum atomic E-state index is 13.1. The van der Waals surface area contributed by atoms with Crippen molar-refractivity contribution in [2.24, 2.45) is 0 Å². The average Bonchev–Trinajstić information content (AvgIpc) is 3.26. The number of amides is 1. The molecule has 0 atom stereocenters. The topological polar surface area (TPSA) is 64.9 Å². The predicted octanol–water partition coefficient (Wildman–Crippen LogP) is 4.40. The number of imidazole rings is 1. The fourth-order valence-electron chi connectivity index (χ4n) is 4.01. The van der Waals surface area contributed by atoms with Gasteiger partial charge in [0.25, 0.3) is 0 Å². The smallest absolute Gasteiger partial charge is 0.235 e. The Kier molecular flexibility index (Phi) is 3.62. The van der Waals surface area contributed by atoms with Crippen molar-refractivity contribution in [2.75, 3.05) is 12.1 Å². The van der Waals surface area contributed by atoms with Crippen LogP contribution in [0.5, 0.6) is 11.5 Å². The molecule has 1 N–H and O–H groups in total. The number of nitrogens with one attached hydrogen (secondary N) is 1. The SMILES string of the molecule is O=C(Nc1ccc(-c2cn3ccccc3n2)cc1)C1(c2ccc3c(c2)OCO3)CC1. The predicted molar refractivity (Wildman–Crippen MR) is 113 cm³/mol. The zero-order valence-corrected chi connectivity index (χ0v) is 16.2. The summed E-state index contributed by atoms with van der Waals surface area (Å²) in [6.07, 6.45) is 5.64. The van der Waals surface area contributed by atoms with Crippen LogP contribution in [-0.4, -0.2) is 22.1 Å². The van der Waals surface area contributed by atoms with Gasteiger partial charge in [0.1, 0.15) is 5.65 Å². The van der Waals surface area contributed by atoms with Gasteiger partial charge in [0, 0.05) is 23.6 Å². The van der Waals surface area contributed by atoms with E-state index < -0.39 is 5.41 Å². The van der Waals surface area contributed by atoms with Crippen LogP contribution in [0.2, 0.25) is 0 Å². The Morgan fingerprint density at radius 2 is 1.83 bits per heavy atom. The number of pyridine rings is 1. The minimum absolute atomic E-state index is 0.0156. The normalized spacial score (nSPS) is 15.9. The Hall–Kier alpha value is -3.80. The summed E-state index contributed by atoms with van der Waals surface area (Å²) in [7, 11) is 0. The van der Waals surface area contributed by atoms with Gasteiger partial charge in [-0.1, -0.05) is 24.3 Å². The molecular weight excluding hydrogens is 378 g/mol. The molecule has 6 nitrogen and oxygen atoms in total. The largest absolute Gasteiger partial charge is 0.454 e. The molecule has 3 heterocycles. The first-order valence-corrected chi connectivity index (χ1v) is 9.97. The number of hydrogen-bond acceptors (Lipinski definition) is 4. The van der Waals surface area contributed by atoms with Gasteiger partial charge >= 0.3 is 0 Å². The summed E-state index contributed by atoms with van der Waals surface area (Å²) < 4.78 is 12.8. The Morgan fingerprint density at radius 3 is 2.63 bits per heavy atom.